The number of aromatic nitrogens is 1. The second-order valence-electron chi connectivity index (χ2n) is 6.95. The number of nitrogens with zero attached hydrogens (tertiary/aromatic N) is 2. The average molecular weight is 375 g/mol. The number of carbonyl (C=O) groups excluding carboxylic acids is 1. The first kappa shape index (κ1) is 18.2. The van der Waals surface area contributed by atoms with Crippen molar-refractivity contribution in [1.82, 2.24) is 10.3 Å². The van der Waals surface area contributed by atoms with E-state index < -0.39 is 0 Å². The van der Waals surface area contributed by atoms with Gasteiger partial charge < -0.3 is 10.2 Å². The van der Waals surface area contributed by atoms with Crippen LogP contribution in [0, 0.1) is 5.82 Å². The summed E-state index contributed by atoms with van der Waals surface area (Å²) in [5.74, 6) is -0.406. The molecule has 1 amide bonds. The molecule has 2 aromatic carbocycles. The van der Waals surface area contributed by atoms with Gasteiger partial charge in [0.25, 0.3) is 5.91 Å². The number of halogens is 1. The highest BCUT2D eigenvalue weighted by Gasteiger charge is 2.19. The highest BCUT2D eigenvalue weighted by Crippen LogP contribution is 2.33. The predicted molar refractivity (Wildman–Crippen MR) is 108 cm³/mol. The third kappa shape index (κ3) is 4.03. The maximum atomic E-state index is 13.0. The summed E-state index contributed by atoms with van der Waals surface area (Å²) >= 11 is 0. The lowest BCUT2D eigenvalue weighted by atomic mass is 10.0. The molecular formula is C23H22FN3O. The highest BCUT2D eigenvalue weighted by atomic mass is 19.1. The second-order valence-corrected chi connectivity index (χ2v) is 6.95. The van der Waals surface area contributed by atoms with E-state index in [9.17, 15) is 9.18 Å². The molecule has 2 heterocycles. The van der Waals surface area contributed by atoms with Crippen LogP contribution in [0.1, 0.15) is 27.9 Å². The normalized spacial score (nSPS) is 13.1. The second kappa shape index (κ2) is 8.21. The maximum Gasteiger partial charge on any atom is 0.252 e. The predicted octanol–water partition coefficient (Wildman–Crippen LogP) is 4.28. The Morgan fingerprint density at radius 1 is 1.11 bits per heavy atom. The minimum Gasteiger partial charge on any atom is -0.352 e. The van der Waals surface area contributed by atoms with Crippen molar-refractivity contribution in [3.05, 3.63) is 89.5 Å². The van der Waals surface area contributed by atoms with Gasteiger partial charge in [0.15, 0.2) is 0 Å². The lowest BCUT2D eigenvalue weighted by Gasteiger charge is -2.31. The van der Waals surface area contributed by atoms with Crippen LogP contribution in [-0.4, -0.2) is 24.0 Å². The quantitative estimate of drug-likeness (QED) is 0.724. The van der Waals surface area contributed by atoms with Crippen LogP contribution in [0.2, 0.25) is 0 Å². The first-order valence-electron chi connectivity index (χ1n) is 9.54. The zero-order valence-electron chi connectivity index (χ0n) is 15.6. The molecule has 5 heteroatoms. The molecule has 1 aliphatic rings. The van der Waals surface area contributed by atoms with E-state index in [0.717, 1.165) is 30.6 Å². The molecule has 1 aliphatic heterocycles. The molecule has 3 aromatic rings. The molecule has 28 heavy (non-hydrogen) atoms. The van der Waals surface area contributed by atoms with Gasteiger partial charge in [-0.3, -0.25) is 9.78 Å². The third-order valence-corrected chi connectivity index (χ3v) is 5.02. The van der Waals surface area contributed by atoms with Gasteiger partial charge in [-0.1, -0.05) is 30.3 Å². The van der Waals surface area contributed by atoms with E-state index in [2.05, 4.69) is 33.4 Å². The first-order chi connectivity index (χ1) is 13.7. The number of rotatable bonds is 5. The molecule has 4 nitrogen and oxygen atoms in total. The van der Waals surface area contributed by atoms with Crippen LogP contribution < -0.4 is 10.2 Å². The van der Waals surface area contributed by atoms with Gasteiger partial charge in [0, 0.05) is 25.0 Å². The third-order valence-electron chi connectivity index (χ3n) is 5.02. The van der Waals surface area contributed by atoms with Crippen LogP contribution in [-0.2, 0) is 12.8 Å². The van der Waals surface area contributed by atoms with Crippen molar-refractivity contribution in [1.29, 1.82) is 0 Å². The number of para-hydroxylation sites is 1. The monoisotopic (exact) mass is 375 g/mol. The Bertz CT molecular complexity index is 972. The fourth-order valence-corrected chi connectivity index (χ4v) is 3.57. The Morgan fingerprint density at radius 2 is 1.93 bits per heavy atom. The van der Waals surface area contributed by atoms with E-state index in [1.54, 1.807) is 24.5 Å². The van der Waals surface area contributed by atoms with E-state index in [0.29, 0.717) is 18.5 Å². The average Bonchev–Trinajstić information content (AvgIpc) is 2.75. The topological polar surface area (TPSA) is 45.2 Å². The van der Waals surface area contributed by atoms with Crippen molar-refractivity contribution in [2.24, 2.45) is 0 Å². The standard InChI is InChI=1S/C23H22FN3O/c24-20-9-7-17(8-10-20)11-12-26-23(28)19-14-21(16-25-15-19)27-13-3-5-18-4-1-2-6-22(18)27/h1-2,4,6-10,14-16H,3,5,11-13H2,(H,26,28). The molecule has 142 valence electrons. The SMILES string of the molecule is O=C(NCCc1ccc(F)cc1)c1cncc(N2CCCc3ccccc32)c1. The molecule has 0 aliphatic carbocycles. The van der Waals surface area contributed by atoms with Crippen molar-refractivity contribution < 1.29 is 9.18 Å². The summed E-state index contributed by atoms with van der Waals surface area (Å²) in [7, 11) is 0. The van der Waals surface area contributed by atoms with Gasteiger partial charge in [-0.15, -0.1) is 0 Å². The summed E-state index contributed by atoms with van der Waals surface area (Å²) in [6.45, 7) is 1.40. The van der Waals surface area contributed by atoms with Gasteiger partial charge in [-0.05, 0) is 54.7 Å². The summed E-state index contributed by atoms with van der Waals surface area (Å²) in [5.41, 5.74) is 4.96. The number of fused-ring (bicyclic) bond motifs is 1. The van der Waals surface area contributed by atoms with E-state index in [-0.39, 0.29) is 11.7 Å². The van der Waals surface area contributed by atoms with Crippen LogP contribution in [0.5, 0.6) is 0 Å². The molecule has 4 rings (SSSR count). The van der Waals surface area contributed by atoms with Crippen LogP contribution >= 0.6 is 0 Å². The molecular weight excluding hydrogens is 353 g/mol. The Balaban J connectivity index is 1.44. The first-order valence-corrected chi connectivity index (χ1v) is 9.54. The minimum absolute atomic E-state index is 0.151. The van der Waals surface area contributed by atoms with Crippen LogP contribution in [0.3, 0.4) is 0 Å². The lowest BCUT2D eigenvalue weighted by molar-refractivity contribution is 0.0954. The molecule has 0 radical (unpaired) electrons. The molecule has 0 fully saturated rings. The molecule has 0 saturated carbocycles. The Hall–Kier alpha value is -3.21. The zero-order chi connectivity index (χ0) is 19.3. The summed E-state index contributed by atoms with van der Waals surface area (Å²) in [6, 6.07) is 16.6. The van der Waals surface area contributed by atoms with Gasteiger partial charge in [-0.2, -0.15) is 0 Å². The fourth-order valence-electron chi connectivity index (χ4n) is 3.57. The number of carbonyl (C=O) groups is 1. The van der Waals surface area contributed by atoms with Crippen molar-refractivity contribution in [3.8, 4) is 0 Å². The van der Waals surface area contributed by atoms with E-state index >= 15 is 0 Å². The van der Waals surface area contributed by atoms with Gasteiger partial charge in [0.1, 0.15) is 5.82 Å². The smallest absolute Gasteiger partial charge is 0.252 e. The van der Waals surface area contributed by atoms with Crippen LogP contribution in [0.25, 0.3) is 0 Å². The van der Waals surface area contributed by atoms with E-state index in [1.165, 1.54) is 23.4 Å². The Kier molecular flexibility index (Phi) is 5.33. The Labute approximate surface area is 164 Å². The van der Waals surface area contributed by atoms with E-state index in [1.807, 2.05) is 12.1 Å². The number of nitrogens with one attached hydrogen (secondary N) is 1. The molecule has 0 bridgehead atoms. The zero-order valence-corrected chi connectivity index (χ0v) is 15.6. The number of aryl methyl sites for hydroxylation is 1. The molecule has 0 saturated heterocycles. The lowest BCUT2D eigenvalue weighted by Crippen LogP contribution is -2.27. The largest absolute Gasteiger partial charge is 0.352 e. The van der Waals surface area contributed by atoms with Crippen LogP contribution in [0.15, 0.2) is 67.0 Å². The summed E-state index contributed by atoms with van der Waals surface area (Å²) < 4.78 is 13.0. The number of benzene rings is 2. The number of pyridine rings is 1. The van der Waals surface area contributed by atoms with Gasteiger partial charge in [0.2, 0.25) is 0 Å². The van der Waals surface area contributed by atoms with Crippen molar-refractivity contribution in [3.63, 3.8) is 0 Å². The van der Waals surface area contributed by atoms with Gasteiger partial charge >= 0.3 is 0 Å². The highest BCUT2D eigenvalue weighted by molar-refractivity contribution is 5.95. The van der Waals surface area contributed by atoms with Crippen LogP contribution in [0.4, 0.5) is 15.8 Å². The Morgan fingerprint density at radius 3 is 2.79 bits per heavy atom. The molecule has 1 aromatic heterocycles. The van der Waals surface area contributed by atoms with Crippen molar-refractivity contribution in [2.75, 3.05) is 18.0 Å². The minimum atomic E-state index is -0.255. The number of anilines is 2. The number of hydrogen-bond donors (Lipinski definition) is 1. The molecule has 0 atom stereocenters. The van der Waals surface area contributed by atoms with Gasteiger partial charge in [0.05, 0.1) is 17.4 Å². The van der Waals surface area contributed by atoms with Crippen molar-refractivity contribution >= 4 is 17.3 Å². The maximum absolute atomic E-state index is 13.0. The summed E-state index contributed by atoms with van der Waals surface area (Å²) in [4.78, 5) is 19.0. The summed E-state index contributed by atoms with van der Waals surface area (Å²) in [6.07, 6.45) is 6.19. The molecule has 0 unspecified atom stereocenters. The number of amides is 1. The summed E-state index contributed by atoms with van der Waals surface area (Å²) in [5, 5.41) is 2.92. The molecule has 0 spiro atoms. The number of hydrogen-bond acceptors (Lipinski definition) is 3. The molecule has 1 N–H and O–H groups in total. The van der Waals surface area contributed by atoms with E-state index in [4.69, 9.17) is 0 Å². The fraction of sp³-hybridized carbons (Fsp3) is 0.217. The van der Waals surface area contributed by atoms with Gasteiger partial charge in [-0.25, -0.2) is 4.39 Å². The van der Waals surface area contributed by atoms with Crippen molar-refractivity contribution in [2.45, 2.75) is 19.3 Å².